The molecule has 0 radical (unpaired) electrons. The molecule has 0 spiro atoms. The van der Waals surface area contributed by atoms with Crippen molar-refractivity contribution in [3.8, 4) is 0 Å². The van der Waals surface area contributed by atoms with Gasteiger partial charge in [-0.25, -0.2) is 4.98 Å². The van der Waals surface area contributed by atoms with Crippen molar-refractivity contribution in [3.63, 3.8) is 0 Å². The summed E-state index contributed by atoms with van der Waals surface area (Å²) >= 11 is 0. The molecule has 1 heterocycles. The number of aromatic nitrogens is 2. The van der Waals surface area contributed by atoms with Gasteiger partial charge in [0.25, 0.3) is 0 Å². The van der Waals surface area contributed by atoms with Gasteiger partial charge in [0.1, 0.15) is 18.2 Å². The predicted octanol–water partition coefficient (Wildman–Crippen LogP) is 3.85. The number of ether oxygens (including phenoxy) is 2. The van der Waals surface area contributed by atoms with E-state index in [4.69, 9.17) is 9.47 Å². The lowest BCUT2D eigenvalue weighted by molar-refractivity contribution is -0.141. The van der Waals surface area contributed by atoms with E-state index >= 15 is 0 Å². The lowest BCUT2D eigenvalue weighted by Gasteiger charge is -2.27. The molecule has 0 aliphatic heterocycles. The summed E-state index contributed by atoms with van der Waals surface area (Å²) in [5.74, 6) is -0.0348. The van der Waals surface area contributed by atoms with Crippen LogP contribution in [0.2, 0.25) is 25.7 Å². The molecule has 0 aliphatic carbocycles. The minimum Gasteiger partial charge on any atom is -0.385 e. The molecule has 0 saturated heterocycles. The van der Waals surface area contributed by atoms with Crippen LogP contribution in [-0.2, 0) is 28.0 Å². The number of nitrogens with zero attached hydrogens (tertiary/aromatic N) is 2. The van der Waals surface area contributed by atoms with E-state index in [0.29, 0.717) is 6.61 Å². The third kappa shape index (κ3) is 6.73. The lowest BCUT2D eigenvalue weighted by atomic mass is 9.96. The summed E-state index contributed by atoms with van der Waals surface area (Å²) in [5.41, 5.74) is -2.53. The number of rotatable bonds is 10. The van der Waals surface area contributed by atoms with Gasteiger partial charge in [0.05, 0.1) is 0 Å². The van der Waals surface area contributed by atoms with Gasteiger partial charge in [0, 0.05) is 41.0 Å². The van der Waals surface area contributed by atoms with Gasteiger partial charge < -0.3 is 19.1 Å². The van der Waals surface area contributed by atoms with Crippen molar-refractivity contribution in [2.75, 3.05) is 20.3 Å². The van der Waals surface area contributed by atoms with Crippen LogP contribution in [0.25, 0.3) is 0 Å². The summed E-state index contributed by atoms with van der Waals surface area (Å²) in [6, 6.07) is 0.908. The van der Waals surface area contributed by atoms with Crippen LogP contribution in [0, 0.1) is 0 Å². The Hall–Kier alpha value is -0.903. The molecule has 1 unspecified atom stereocenters. The molecule has 0 bridgehead atoms. The quantitative estimate of drug-likeness (QED) is 0.493. The standard InChI is InChI=1S/C16H29F3N2O3Si/c1-6-15(22,7-8-23-2)14-20-13(16(17,18)19)11-21(14)12-24-9-10-25(3,4)5/h11,22H,6-10,12H2,1-5H3. The molecule has 1 rings (SSSR count). The zero-order valence-electron chi connectivity index (χ0n) is 15.6. The molecule has 1 N–H and O–H groups in total. The Morgan fingerprint density at radius 3 is 2.36 bits per heavy atom. The van der Waals surface area contributed by atoms with Crippen LogP contribution < -0.4 is 0 Å². The number of aliphatic hydroxyl groups is 1. The monoisotopic (exact) mass is 382 g/mol. The molecular formula is C16H29F3N2O3Si. The van der Waals surface area contributed by atoms with Crippen molar-refractivity contribution in [3.05, 3.63) is 17.7 Å². The zero-order valence-corrected chi connectivity index (χ0v) is 16.6. The molecule has 0 fully saturated rings. The van der Waals surface area contributed by atoms with E-state index in [1.165, 1.54) is 11.7 Å². The number of halogens is 3. The molecule has 146 valence electrons. The van der Waals surface area contributed by atoms with E-state index in [-0.39, 0.29) is 32.0 Å². The number of alkyl halides is 3. The fourth-order valence-corrected chi connectivity index (χ4v) is 3.04. The maximum absolute atomic E-state index is 13.1. The van der Waals surface area contributed by atoms with Crippen molar-refractivity contribution in [2.24, 2.45) is 0 Å². The Morgan fingerprint density at radius 2 is 1.88 bits per heavy atom. The molecule has 0 aliphatic rings. The summed E-state index contributed by atoms with van der Waals surface area (Å²) in [7, 11) is 0.185. The Morgan fingerprint density at radius 1 is 1.24 bits per heavy atom. The average Bonchev–Trinajstić information content (AvgIpc) is 2.93. The minimum atomic E-state index is -4.58. The van der Waals surface area contributed by atoms with Gasteiger partial charge >= 0.3 is 6.18 Å². The van der Waals surface area contributed by atoms with Gasteiger partial charge in [-0.1, -0.05) is 26.6 Å². The number of hydrogen-bond donors (Lipinski definition) is 1. The van der Waals surface area contributed by atoms with Crippen LogP contribution in [0.1, 0.15) is 31.3 Å². The van der Waals surface area contributed by atoms with Crippen molar-refractivity contribution < 1.29 is 27.8 Å². The first kappa shape index (κ1) is 22.1. The lowest BCUT2D eigenvalue weighted by Crippen LogP contribution is -2.31. The molecule has 1 aromatic heterocycles. The summed E-state index contributed by atoms with van der Waals surface area (Å²) < 4.78 is 50.9. The SMILES string of the molecule is CCC(O)(CCOC)c1nc(C(F)(F)F)cn1COCC[Si](C)(C)C. The van der Waals surface area contributed by atoms with Gasteiger partial charge in [0.15, 0.2) is 5.69 Å². The highest BCUT2D eigenvalue weighted by Gasteiger charge is 2.39. The molecule has 25 heavy (non-hydrogen) atoms. The fourth-order valence-electron chi connectivity index (χ4n) is 2.28. The van der Waals surface area contributed by atoms with Crippen LogP contribution in [0.4, 0.5) is 13.2 Å². The molecule has 0 amide bonds. The van der Waals surface area contributed by atoms with Gasteiger partial charge in [0.2, 0.25) is 0 Å². The highest BCUT2D eigenvalue weighted by Crippen LogP contribution is 2.33. The first-order valence-corrected chi connectivity index (χ1v) is 12.1. The van der Waals surface area contributed by atoms with E-state index in [0.717, 1.165) is 12.2 Å². The topological polar surface area (TPSA) is 56.5 Å². The number of methoxy groups -OCH3 is 1. The maximum Gasteiger partial charge on any atom is 0.434 e. The third-order valence-corrected chi connectivity index (χ3v) is 5.72. The van der Waals surface area contributed by atoms with E-state index in [1.807, 2.05) is 0 Å². The Labute approximate surface area is 148 Å². The van der Waals surface area contributed by atoms with Crippen LogP contribution in [0.5, 0.6) is 0 Å². The molecule has 9 heteroatoms. The van der Waals surface area contributed by atoms with E-state index < -0.39 is 25.5 Å². The normalized spacial score (nSPS) is 15.4. The molecule has 0 aromatic carbocycles. The number of imidazole rings is 1. The first-order chi connectivity index (χ1) is 11.4. The van der Waals surface area contributed by atoms with Crippen molar-refractivity contribution in [2.45, 2.75) is 64.0 Å². The Bertz CT molecular complexity index is 544. The molecule has 5 nitrogen and oxygen atoms in total. The fraction of sp³-hybridized carbons (Fsp3) is 0.812. The molecule has 0 saturated carbocycles. The minimum absolute atomic E-state index is 0.0348. The first-order valence-electron chi connectivity index (χ1n) is 8.37. The molecule has 1 aromatic rings. The summed E-state index contributed by atoms with van der Waals surface area (Å²) in [6.07, 6.45) is -3.30. The smallest absolute Gasteiger partial charge is 0.385 e. The second-order valence-corrected chi connectivity index (χ2v) is 13.0. The van der Waals surface area contributed by atoms with E-state index in [2.05, 4.69) is 24.6 Å². The molecular weight excluding hydrogens is 353 g/mol. The Kier molecular flexibility index (Phi) is 7.66. The van der Waals surface area contributed by atoms with Crippen LogP contribution in [0.15, 0.2) is 6.20 Å². The summed E-state index contributed by atoms with van der Waals surface area (Å²) in [4.78, 5) is 3.67. The van der Waals surface area contributed by atoms with Crippen molar-refractivity contribution in [1.82, 2.24) is 9.55 Å². The van der Waals surface area contributed by atoms with Crippen molar-refractivity contribution in [1.29, 1.82) is 0 Å². The highest BCUT2D eigenvalue weighted by molar-refractivity contribution is 6.76. The largest absolute Gasteiger partial charge is 0.434 e. The average molecular weight is 382 g/mol. The number of hydrogen-bond acceptors (Lipinski definition) is 4. The third-order valence-electron chi connectivity index (χ3n) is 4.01. The van der Waals surface area contributed by atoms with Crippen molar-refractivity contribution >= 4 is 8.07 Å². The van der Waals surface area contributed by atoms with E-state index in [1.54, 1.807) is 6.92 Å². The summed E-state index contributed by atoms with van der Waals surface area (Å²) in [5, 5.41) is 10.8. The van der Waals surface area contributed by atoms with E-state index in [9.17, 15) is 18.3 Å². The maximum atomic E-state index is 13.1. The highest BCUT2D eigenvalue weighted by atomic mass is 28.3. The van der Waals surface area contributed by atoms with Gasteiger partial charge in [-0.15, -0.1) is 0 Å². The van der Waals surface area contributed by atoms with Gasteiger partial charge in [-0.2, -0.15) is 13.2 Å². The van der Waals surface area contributed by atoms with Crippen LogP contribution in [0.3, 0.4) is 0 Å². The predicted molar refractivity (Wildman–Crippen MR) is 92.0 cm³/mol. The van der Waals surface area contributed by atoms with Crippen LogP contribution in [-0.4, -0.2) is 43.1 Å². The Balaban J connectivity index is 3.02. The second-order valence-electron chi connectivity index (χ2n) is 7.39. The van der Waals surface area contributed by atoms with Gasteiger partial charge in [-0.05, 0) is 12.5 Å². The summed E-state index contributed by atoms with van der Waals surface area (Å²) in [6.45, 7) is 8.91. The van der Waals surface area contributed by atoms with Gasteiger partial charge in [-0.3, -0.25) is 0 Å². The molecule has 1 atom stereocenters. The zero-order chi connectivity index (χ0) is 19.3. The second kappa shape index (κ2) is 8.66. The van der Waals surface area contributed by atoms with Crippen LogP contribution >= 0.6 is 0 Å².